The van der Waals surface area contributed by atoms with Crippen LogP contribution in [0.15, 0.2) is 24.3 Å². The van der Waals surface area contributed by atoms with Crippen molar-refractivity contribution in [2.75, 3.05) is 5.32 Å². The highest BCUT2D eigenvalue weighted by Crippen LogP contribution is 2.32. The Labute approximate surface area is 102 Å². The third kappa shape index (κ3) is 3.07. The first-order chi connectivity index (χ1) is 8.11. The van der Waals surface area contributed by atoms with E-state index in [2.05, 4.69) is 12.2 Å². The Kier molecular flexibility index (Phi) is 3.48. The van der Waals surface area contributed by atoms with Crippen molar-refractivity contribution in [1.29, 1.82) is 0 Å². The molecule has 2 rings (SSSR count). The maximum Gasteiger partial charge on any atom is 0.226 e. The van der Waals surface area contributed by atoms with E-state index in [-0.39, 0.29) is 11.4 Å². The van der Waals surface area contributed by atoms with Crippen LogP contribution in [0.2, 0.25) is 0 Å². The first kappa shape index (κ1) is 12.1. The molecule has 3 nitrogen and oxygen atoms in total. The molecular formula is C14H20N2O. The number of carbonyl (C=O) groups is 1. The number of aryl methyl sites for hydroxylation is 1. The van der Waals surface area contributed by atoms with Crippen molar-refractivity contribution in [3.8, 4) is 0 Å². The summed E-state index contributed by atoms with van der Waals surface area (Å²) in [6.45, 7) is 2.11. The largest absolute Gasteiger partial charge is 0.326 e. The molecule has 0 atom stereocenters. The molecule has 1 aliphatic rings. The van der Waals surface area contributed by atoms with Crippen LogP contribution in [0, 0.1) is 0 Å². The van der Waals surface area contributed by atoms with Crippen LogP contribution in [0.25, 0.3) is 0 Å². The van der Waals surface area contributed by atoms with Gasteiger partial charge in [-0.25, -0.2) is 0 Å². The second kappa shape index (κ2) is 4.88. The zero-order valence-corrected chi connectivity index (χ0v) is 10.3. The standard InChI is InChI=1S/C14H20N2O/c1-2-11-4-6-12(7-5-11)16-13(17)10-14(15)8-3-9-14/h4-7H,2-3,8-10,15H2,1H3,(H,16,17). The van der Waals surface area contributed by atoms with Crippen LogP contribution in [-0.4, -0.2) is 11.4 Å². The summed E-state index contributed by atoms with van der Waals surface area (Å²) < 4.78 is 0. The van der Waals surface area contributed by atoms with E-state index in [1.54, 1.807) is 0 Å². The van der Waals surface area contributed by atoms with Crippen molar-refractivity contribution in [3.63, 3.8) is 0 Å². The lowest BCUT2D eigenvalue weighted by atomic mass is 9.75. The van der Waals surface area contributed by atoms with Gasteiger partial charge in [0, 0.05) is 17.6 Å². The molecule has 0 saturated heterocycles. The Balaban J connectivity index is 1.89. The van der Waals surface area contributed by atoms with Gasteiger partial charge in [0.15, 0.2) is 0 Å². The Bertz CT molecular complexity index is 393. The van der Waals surface area contributed by atoms with E-state index in [4.69, 9.17) is 5.73 Å². The van der Waals surface area contributed by atoms with E-state index in [0.717, 1.165) is 31.4 Å². The number of nitrogens with two attached hydrogens (primary N) is 1. The topological polar surface area (TPSA) is 55.1 Å². The van der Waals surface area contributed by atoms with Crippen molar-refractivity contribution in [1.82, 2.24) is 0 Å². The summed E-state index contributed by atoms with van der Waals surface area (Å²) in [6, 6.07) is 7.97. The van der Waals surface area contributed by atoms with Crippen LogP contribution in [0.1, 0.15) is 38.2 Å². The van der Waals surface area contributed by atoms with Gasteiger partial charge in [0.05, 0.1) is 0 Å². The molecule has 1 saturated carbocycles. The SMILES string of the molecule is CCc1ccc(NC(=O)CC2(N)CCC2)cc1. The third-order valence-corrected chi connectivity index (χ3v) is 3.51. The van der Waals surface area contributed by atoms with E-state index in [0.29, 0.717) is 6.42 Å². The average Bonchev–Trinajstić information content (AvgIpc) is 2.28. The normalized spacial score (nSPS) is 17.3. The molecule has 0 aliphatic heterocycles. The van der Waals surface area contributed by atoms with Gasteiger partial charge in [0.25, 0.3) is 0 Å². The van der Waals surface area contributed by atoms with E-state index in [9.17, 15) is 4.79 Å². The number of hydrogen-bond donors (Lipinski definition) is 2. The summed E-state index contributed by atoms with van der Waals surface area (Å²) in [7, 11) is 0. The lowest BCUT2D eigenvalue weighted by Gasteiger charge is -2.37. The van der Waals surface area contributed by atoms with Gasteiger partial charge in [-0.05, 0) is 43.4 Å². The number of benzene rings is 1. The fourth-order valence-corrected chi connectivity index (χ4v) is 2.16. The number of amides is 1. The van der Waals surface area contributed by atoms with Gasteiger partial charge in [0.1, 0.15) is 0 Å². The summed E-state index contributed by atoms with van der Waals surface area (Å²) in [5.41, 5.74) is 7.93. The number of rotatable bonds is 4. The molecule has 0 radical (unpaired) electrons. The molecule has 1 aliphatic carbocycles. The molecule has 3 heteroatoms. The van der Waals surface area contributed by atoms with Gasteiger partial charge in [-0.2, -0.15) is 0 Å². The average molecular weight is 232 g/mol. The second-order valence-corrected chi connectivity index (χ2v) is 4.99. The number of nitrogens with one attached hydrogen (secondary N) is 1. The molecule has 1 amide bonds. The molecule has 0 aromatic heterocycles. The summed E-state index contributed by atoms with van der Waals surface area (Å²) >= 11 is 0. The van der Waals surface area contributed by atoms with Crippen LogP contribution in [0.5, 0.6) is 0 Å². The van der Waals surface area contributed by atoms with Gasteiger partial charge in [-0.15, -0.1) is 0 Å². The zero-order chi connectivity index (χ0) is 12.3. The Hall–Kier alpha value is -1.35. The van der Waals surface area contributed by atoms with Crippen LogP contribution in [-0.2, 0) is 11.2 Å². The fraction of sp³-hybridized carbons (Fsp3) is 0.500. The monoisotopic (exact) mass is 232 g/mol. The lowest BCUT2D eigenvalue weighted by molar-refractivity contribution is -0.118. The highest BCUT2D eigenvalue weighted by Gasteiger charge is 2.34. The number of carbonyl (C=O) groups excluding carboxylic acids is 1. The predicted molar refractivity (Wildman–Crippen MR) is 69.8 cm³/mol. The van der Waals surface area contributed by atoms with Crippen molar-refractivity contribution in [3.05, 3.63) is 29.8 Å². The quantitative estimate of drug-likeness (QED) is 0.837. The number of hydrogen-bond acceptors (Lipinski definition) is 2. The minimum absolute atomic E-state index is 0.0245. The molecule has 1 aromatic carbocycles. The van der Waals surface area contributed by atoms with Crippen molar-refractivity contribution < 1.29 is 4.79 Å². The van der Waals surface area contributed by atoms with E-state index >= 15 is 0 Å². The highest BCUT2D eigenvalue weighted by molar-refractivity contribution is 5.91. The molecule has 0 unspecified atom stereocenters. The van der Waals surface area contributed by atoms with Gasteiger partial charge in [-0.1, -0.05) is 19.1 Å². The van der Waals surface area contributed by atoms with E-state index < -0.39 is 0 Å². The van der Waals surface area contributed by atoms with Crippen LogP contribution < -0.4 is 11.1 Å². The lowest BCUT2D eigenvalue weighted by Crippen LogP contribution is -2.48. The molecule has 0 spiro atoms. The zero-order valence-electron chi connectivity index (χ0n) is 10.3. The minimum atomic E-state index is -0.243. The maximum absolute atomic E-state index is 11.8. The van der Waals surface area contributed by atoms with Crippen LogP contribution in [0.4, 0.5) is 5.69 Å². The Morgan fingerprint density at radius 1 is 1.35 bits per heavy atom. The summed E-state index contributed by atoms with van der Waals surface area (Å²) in [6.07, 6.45) is 4.53. The van der Waals surface area contributed by atoms with Gasteiger partial charge in [-0.3, -0.25) is 4.79 Å². The fourth-order valence-electron chi connectivity index (χ4n) is 2.16. The maximum atomic E-state index is 11.8. The number of anilines is 1. The summed E-state index contributed by atoms with van der Waals surface area (Å²) in [5.74, 6) is 0.0245. The Morgan fingerprint density at radius 2 is 2.00 bits per heavy atom. The molecule has 1 aromatic rings. The highest BCUT2D eigenvalue weighted by atomic mass is 16.1. The van der Waals surface area contributed by atoms with E-state index in [1.165, 1.54) is 5.56 Å². The molecule has 3 N–H and O–H groups in total. The Morgan fingerprint density at radius 3 is 2.47 bits per heavy atom. The van der Waals surface area contributed by atoms with Gasteiger partial charge < -0.3 is 11.1 Å². The van der Waals surface area contributed by atoms with Crippen molar-refractivity contribution in [2.24, 2.45) is 5.73 Å². The smallest absolute Gasteiger partial charge is 0.226 e. The van der Waals surface area contributed by atoms with Crippen molar-refractivity contribution >= 4 is 11.6 Å². The molecular weight excluding hydrogens is 212 g/mol. The first-order valence-electron chi connectivity index (χ1n) is 6.29. The predicted octanol–water partition coefficient (Wildman–Crippen LogP) is 2.46. The molecule has 0 bridgehead atoms. The van der Waals surface area contributed by atoms with Crippen molar-refractivity contribution in [2.45, 2.75) is 44.6 Å². The molecule has 1 fully saturated rings. The van der Waals surface area contributed by atoms with Gasteiger partial charge in [0.2, 0.25) is 5.91 Å². The minimum Gasteiger partial charge on any atom is -0.326 e. The van der Waals surface area contributed by atoms with E-state index in [1.807, 2.05) is 24.3 Å². The molecule has 0 heterocycles. The molecule has 92 valence electrons. The summed E-state index contributed by atoms with van der Waals surface area (Å²) in [5, 5.41) is 2.90. The molecule has 17 heavy (non-hydrogen) atoms. The van der Waals surface area contributed by atoms with Crippen LogP contribution in [0.3, 0.4) is 0 Å². The first-order valence-corrected chi connectivity index (χ1v) is 6.29. The van der Waals surface area contributed by atoms with Gasteiger partial charge >= 0.3 is 0 Å². The second-order valence-electron chi connectivity index (χ2n) is 4.99. The van der Waals surface area contributed by atoms with Crippen LogP contribution >= 0.6 is 0 Å². The summed E-state index contributed by atoms with van der Waals surface area (Å²) in [4.78, 5) is 11.8. The third-order valence-electron chi connectivity index (χ3n) is 3.51.